The van der Waals surface area contributed by atoms with Crippen molar-refractivity contribution in [1.29, 1.82) is 0 Å². The van der Waals surface area contributed by atoms with Gasteiger partial charge in [-0.15, -0.1) is 0 Å². The SMILES string of the molecule is O=C(O)c1nccc(C2=CCOCC2)n1. The topological polar surface area (TPSA) is 72.3 Å². The molecule has 1 aromatic heterocycles. The maximum atomic E-state index is 10.7. The van der Waals surface area contributed by atoms with Gasteiger partial charge in [0, 0.05) is 6.20 Å². The van der Waals surface area contributed by atoms with Gasteiger partial charge in [0.15, 0.2) is 0 Å². The summed E-state index contributed by atoms with van der Waals surface area (Å²) < 4.78 is 5.16. The van der Waals surface area contributed by atoms with E-state index in [1.807, 2.05) is 6.08 Å². The van der Waals surface area contributed by atoms with Crippen LogP contribution < -0.4 is 0 Å². The highest BCUT2D eigenvalue weighted by Crippen LogP contribution is 2.18. The average Bonchev–Trinajstić information content (AvgIpc) is 2.30. The molecule has 1 N–H and O–H groups in total. The number of aromatic carboxylic acids is 1. The van der Waals surface area contributed by atoms with Crippen molar-refractivity contribution in [3.05, 3.63) is 29.9 Å². The molecule has 1 aromatic rings. The van der Waals surface area contributed by atoms with Gasteiger partial charge in [-0.25, -0.2) is 14.8 Å². The second kappa shape index (κ2) is 4.18. The first kappa shape index (κ1) is 9.79. The molecule has 5 heteroatoms. The van der Waals surface area contributed by atoms with Gasteiger partial charge in [-0.05, 0) is 18.1 Å². The third-order valence-electron chi connectivity index (χ3n) is 2.14. The summed E-state index contributed by atoms with van der Waals surface area (Å²) in [5.74, 6) is -1.27. The summed E-state index contributed by atoms with van der Waals surface area (Å²) in [6.07, 6.45) is 4.13. The lowest BCUT2D eigenvalue weighted by Gasteiger charge is -2.12. The van der Waals surface area contributed by atoms with Gasteiger partial charge in [-0.1, -0.05) is 6.08 Å². The van der Waals surface area contributed by atoms with Crippen molar-refractivity contribution < 1.29 is 14.6 Å². The molecule has 0 unspecified atom stereocenters. The van der Waals surface area contributed by atoms with Crippen molar-refractivity contribution in [2.75, 3.05) is 13.2 Å². The highest BCUT2D eigenvalue weighted by molar-refractivity contribution is 5.83. The molecule has 78 valence electrons. The number of hydrogen-bond donors (Lipinski definition) is 1. The highest BCUT2D eigenvalue weighted by atomic mass is 16.5. The zero-order valence-electron chi connectivity index (χ0n) is 8.01. The molecule has 0 spiro atoms. The molecule has 0 saturated heterocycles. The van der Waals surface area contributed by atoms with E-state index in [4.69, 9.17) is 9.84 Å². The van der Waals surface area contributed by atoms with E-state index in [2.05, 4.69) is 9.97 Å². The molecule has 0 saturated carbocycles. The Kier molecular flexibility index (Phi) is 2.73. The van der Waals surface area contributed by atoms with Crippen molar-refractivity contribution in [3.8, 4) is 0 Å². The van der Waals surface area contributed by atoms with Gasteiger partial charge in [0.05, 0.1) is 18.9 Å². The van der Waals surface area contributed by atoms with Crippen LogP contribution in [0.5, 0.6) is 0 Å². The Morgan fingerprint density at radius 2 is 2.40 bits per heavy atom. The Hall–Kier alpha value is -1.75. The fourth-order valence-electron chi connectivity index (χ4n) is 1.40. The van der Waals surface area contributed by atoms with Crippen molar-refractivity contribution in [2.45, 2.75) is 6.42 Å². The molecule has 2 heterocycles. The van der Waals surface area contributed by atoms with Crippen LogP contribution in [-0.2, 0) is 4.74 Å². The number of carboxylic acids is 1. The molecule has 15 heavy (non-hydrogen) atoms. The molecular weight excluding hydrogens is 196 g/mol. The van der Waals surface area contributed by atoms with E-state index < -0.39 is 5.97 Å². The van der Waals surface area contributed by atoms with Gasteiger partial charge >= 0.3 is 5.97 Å². The smallest absolute Gasteiger partial charge is 0.373 e. The summed E-state index contributed by atoms with van der Waals surface area (Å²) in [7, 11) is 0. The minimum absolute atomic E-state index is 0.167. The monoisotopic (exact) mass is 206 g/mol. The number of hydrogen-bond acceptors (Lipinski definition) is 4. The van der Waals surface area contributed by atoms with E-state index in [0.717, 1.165) is 12.0 Å². The fraction of sp³-hybridized carbons (Fsp3) is 0.300. The van der Waals surface area contributed by atoms with Gasteiger partial charge in [0.2, 0.25) is 5.82 Å². The number of nitrogens with zero attached hydrogens (tertiary/aromatic N) is 2. The van der Waals surface area contributed by atoms with Crippen molar-refractivity contribution in [3.63, 3.8) is 0 Å². The third-order valence-corrected chi connectivity index (χ3v) is 2.14. The quantitative estimate of drug-likeness (QED) is 0.780. The molecular formula is C10H10N2O3. The van der Waals surface area contributed by atoms with Crippen LogP contribution in [0.25, 0.3) is 5.57 Å². The Balaban J connectivity index is 2.31. The Morgan fingerprint density at radius 3 is 3.07 bits per heavy atom. The standard InChI is InChI=1S/C10H10N2O3/c13-10(14)9-11-4-1-8(12-9)7-2-5-15-6-3-7/h1-2,4H,3,5-6H2,(H,13,14). The van der Waals surface area contributed by atoms with Crippen molar-refractivity contribution >= 4 is 11.5 Å². The van der Waals surface area contributed by atoms with Crippen LogP contribution in [0.3, 0.4) is 0 Å². The molecule has 1 aliphatic heterocycles. The summed E-state index contributed by atoms with van der Waals surface area (Å²) in [6, 6.07) is 1.71. The van der Waals surface area contributed by atoms with E-state index in [9.17, 15) is 4.79 Å². The van der Waals surface area contributed by atoms with Gasteiger partial charge in [-0.2, -0.15) is 0 Å². The van der Waals surface area contributed by atoms with Crippen LogP contribution in [-0.4, -0.2) is 34.3 Å². The first-order valence-electron chi connectivity index (χ1n) is 4.61. The molecule has 5 nitrogen and oxygen atoms in total. The summed E-state index contributed by atoms with van der Waals surface area (Å²) >= 11 is 0. The summed E-state index contributed by atoms with van der Waals surface area (Å²) in [6.45, 7) is 1.21. The van der Waals surface area contributed by atoms with Crippen LogP contribution in [0.2, 0.25) is 0 Å². The van der Waals surface area contributed by atoms with Crippen LogP contribution >= 0.6 is 0 Å². The van der Waals surface area contributed by atoms with Gasteiger partial charge < -0.3 is 9.84 Å². The molecule has 1 aliphatic rings. The summed E-state index contributed by atoms with van der Waals surface area (Å²) in [5, 5.41) is 8.74. The number of aromatic nitrogens is 2. The fourth-order valence-corrected chi connectivity index (χ4v) is 1.40. The molecule has 0 aromatic carbocycles. The van der Waals surface area contributed by atoms with Crippen LogP contribution in [0.4, 0.5) is 0 Å². The zero-order valence-corrected chi connectivity index (χ0v) is 8.01. The first-order valence-corrected chi connectivity index (χ1v) is 4.61. The predicted octanol–water partition coefficient (Wildman–Crippen LogP) is 0.978. The number of carbonyl (C=O) groups is 1. The second-order valence-electron chi connectivity index (χ2n) is 3.12. The van der Waals surface area contributed by atoms with Gasteiger partial charge in [0.25, 0.3) is 0 Å². The van der Waals surface area contributed by atoms with E-state index in [-0.39, 0.29) is 5.82 Å². The van der Waals surface area contributed by atoms with E-state index in [0.29, 0.717) is 18.9 Å². The lowest BCUT2D eigenvalue weighted by Crippen LogP contribution is -2.09. The molecule has 2 rings (SSSR count). The van der Waals surface area contributed by atoms with E-state index >= 15 is 0 Å². The molecule has 0 radical (unpaired) electrons. The molecule has 0 bridgehead atoms. The summed E-state index contributed by atoms with van der Waals surface area (Å²) in [4.78, 5) is 18.3. The number of carboxylic acid groups (broad SMARTS) is 1. The average molecular weight is 206 g/mol. The van der Waals surface area contributed by atoms with Crippen LogP contribution in [0.15, 0.2) is 18.3 Å². The minimum Gasteiger partial charge on any atom is -0.475 e. The zero-order chi connectivity index (χ0) is 10.7. The van der Waals surface area contributed by atoms with Gasteiger partial charge in [0.1, 0.15) is 0 Å². The van der Waals surface area contributed by atoms with Crippen molar-refractivity contribution in [1.82, 2.24) is 9.97 Å². The van der Waals surface area contributed by atoms with Crippen molar-refractivity contribution in [2.24, 2.45) is 0 Å². The molecule has 0 amide bonds. The second-order valence-corrected chi connectivity index (χ2v) is 3.12. The minimum atomic E-state index is -1.11. The Morgan fingerprint density at radius 1 is 1.53 bits per heavy atom. The van der Waals surface area contributed by atoms with E-state index in [1.165, 1.54) is 6.20 Å². The lowest BCUT2D eigenvalue weighted by atomic mass is 10.1. The molecule has 0 atom stereocenters. The molecule has 0 fully saturated rings. The maximum absolute atomic E-state index is 10.7. The maximum Gasteiger partial charge on any atom is 0.373 e. The molecule has 0 aliphatic carbocycles. The Labute approximate surface area is 86.4 Å². The van der Waals surface area contributed by atoms with Gasteiger partial charge in [-0.3, -0.25) is 0 Å². The summed E-state index contributed by atoms with van der Waals surface area (Å²) in [5.41, 5.74) is 1.69. The predicted molar refractivity (Wildman–Crippen MR) is 52.4 cm³/mol. The van der Waals surface area contributed by atoms with E-state index in [1.54, 1.807) is 6.07 Å². The van der Waals surface area contributed by atoms with Crippen LogP contribution in [0, 0.1) is 0 Å². The number of rotatable bonds is 2. The third kappa shape index (κ3) is 2.19. The largest absolute Gasteiger partial charge is 0.475 e. The number of ether oxygens (including phenoxy) is 1. The normalized spacial score (nSPS) is 15.9. The lowest BCUT2D eigenvalue weighted by molar-refractivity contribution is 0.0683. The van der Waals surface area contributed by atoms with Crippen LogP contribution in [0.1, 0.15) is 22.7 Å². The first-order chi connectivity index (χ1) is 7.27. The Bertz CT molecular complexity index is 415. The highest BCUT2D eigenvalue weighted by Gasteiger charge is 2.11.